The van der Waals surface area contributed by atoms with Gasteiger partial charge in [0.1, 0.15) is 36.2 Å². The predicted octanol–water partition coefficient (Wildman–Crippen LogP) is -0.00990. The number of rotatable bonds is 5. The van der Waals surface area contributed by atoms with Gasteiger partial charge in [-0.05, 0) is 30.7 Å². The summed E-state index contributed by atoms with van der Waals surface area (Å²) in [4.78, 5) is 37.5. The van der Waals surface area contributed by atoms with Crippen molar-refractivity contribution in [3.05, 3.63) is 53.4 Å². The van der Waals surface area contributed by atoms with E-state index in [0.29, 0.717) is 5.56 Å². The van der Waals surface area contributed by atoms with Gasteiger partial charge >= 0.3 is 5.97 Å². The van der Waals surface area contributed by atoms with Crippen molar-refractivity contribution in [3.63, 3.8) is 0 Å². The lowest BCUT2D eigenvalue weighted by molar-refractivity contribution is -0.160. The molecule has 0 radical (unpaired) electrons. The van der Waals surface area contributed by atoms with Crippen LogP contribution in [-0.4, -0.2) is 51.6 Å². The standard InChI is InChI=1S/C18H19N3O6/c1-2-3-12-15(18(25)26)21-11(8-27-12)14(17(21)24)20-16(23)13(19)9-4-6-10(22)7-5-9/h2-7,11,13-14,22H,8,19H2,1H3,(H,20,23)(H,25,26)/b3-2-/t11-,13-,14+/m1/s1. The molecule has 9 heteroatoms. The topological polar surface area (TPSA) is 142 Å². The molecule has 5 N–H and O–H groups in total. The zero-order valence-corrected chi connectivity index (χ0v) is 14.5. The molecule has 9 nitrogen and oxygen atoms in total. The lowest BCUT2D eigenvalue weighted by Gasteiger charge is -2.49. The first-order chi connectivity index (χ1) is 12.8. The summed E-state index contributed by atoms with van der Waals surface area (Å²) in [5.41, 5.74) is 6.12. The number of carboxylic acid groups (broad SMARTS) is 1. The van der Waals surface area contributed by atoms with Crippen LogP contribution in [0.4, 0.5) is 0 Å². The largest absolute Gasteiger partial charge is 0.508 e. The number of nitrogens with two attached hydrogens (primary N) is 1. The van der Waals surface area contributed by atoms with Gasteiger partial charge in [0, 0.05) is 0 Å². The van der Waals surface area contributed by atoms with E-state index in [1.807, 2.05) is 0 Å². The molecule has 2 heterocycles. The highest BCUT2D eigenvalue weighted by Gasteiger charge is 2.54. The number of nitrogens with one attached hydrogen (secondary N) is 1. The number of aromatic hydroxyl groups is 1. The van der Waals surface area contributed by atoms with Crippen LogP contribution in [0.25, 0.3) is 0 Å². The number of phenolic OH excluding ortho intramolecular Hbond substituents is 1. The number of amides is 2. The number of hydrogen-bond donors (Lipinski definition) is 4. The van der Waals surface area contributed by atoms with Crippen LogP contribution in [0.5, 0.6) is 5.75 Å². The Hall–Kier alpha value is -3.33. The average Bonchev–Trinajstić information content (AvgIpc) is 2.65. The van der Waals surface area contributed by atoms with Gasteiger partial charge in [-0.1, -0.05) is 18.2 Å². The summed E-state index contributed by atoms with van der Waals surface area (Å²) >= 11 is 0. The van der Waals surface area contributed by atoms with Gasteiger partial charge in [-0.2, -0.15) is 0 Å². The Morgan fingerprint density at radius 3 is 2.63 bits per heavy atom. The molecule has 142 valence electrons. The zero-order valence-electron chi connectivity index (χ0n) is 14.5. The lowest BCUT2D eigenvalue weighted by atomic mass is 9.92. The zero-order chi connectivity index (χ0) is 19.7. The number of carbonyl (C=O) groups is 3. The Bertz CT molecular complexity index is 845. The van der Waals surface area contributed by atoms with Crippen LogP contribution in [0.2, 0.25) is 0 Å². The maximum atomic E-state index is 12.5. The van der Waals surface area contributed by atoms with Gasteiger partial charge in [-0.15, -0.1) is 0 Å². The third-order valence-electron chi connectivity index (χ3n) is 4.46. The van der Waals surface area contributed by atoms with Crippen molar-refractivity contribution in [2.24, 2.45) is 5.73 Å². The summed E-state index contributed by atoms with van der Waals surface area (Å²) < 4.78 is 5.45. The fourth-order valence-electron chi connectivity index (χ4n) is 3.07. The van der Waals surface area contributed by atoms with Gasteiger partial charge < -0.3 is 26.0 Å². The van der Waals surface area contributed by atoms with Crippen molar-refractivity contribution in [2.75, 3.05) is 6.61 Å². The molecule has 0 unspecified atom stereocenters. The summed E-state index contributed by atoms with van der Waals surface area (Å²) in [6.45, 7) is 1.76. The van der Waals surface area contributed by atoms with E-state index in [2.05, 4.69) is 5.32 Å². The maximum Gasteiger partial charge on any atom is 0.356 e. The van der Waals surface area contributed by atoms with E-state index in [4.69, 9.17) is 10.5 Å². The highest BCUT2D eigenvalue weighted by Crippen LogP contribution is 2.33. The molecule has 1 aromatic rings. The molecular formula is C18H19N3O6. The van der Waals surface area contributed by atoms with Crippen LogP contribution in [-0.2, 0) is 19.1 Å². The number of hydrogen-bond acceptors (Lipinski definition) is 6. The molecule has 3 rings (SSSR count). The van der Waals surface area contributed by atoms with E-state index < -0.39 is 35.9 Å². The van der Waals surface area contributed by atoms with Crippen molar-refractivity contribution in [1.82, 2.24) is 10.2 Å². The molecule has 27 heavy (non-hydrogen) atoms. The number of ether oxygens (including phenoxy) is 1. The van der Waals surface area contributed by atoms with Gasteiger partial charge in [-0.3, -0.25) is 14.5 Å². The molecule has 2 aliphatic rings. The molecule has 0 aliphatic carbocycles. The summed E-state index contributed by atoms with van der Waals surface area (Å²) in [5.74, 6) is -2.26. The minimum Gasteiger partial charge on any atom is -0.508 e. The van der Waals surface area contributed by atoms with Crippen molar-refractivity contribution >= 4 is 17.8 Å². The monoisotopic (exact) mass is 373 g/mol. The van der Waals surface area contributed by atoms with Crippen molar-refractivity contribution in [2.45, 2.75) is 25.0 Å². The van der Waals surface area contributed by atoms with E-state index in [0.717, 1.165) is 4.90 Å². The minimum absolute atomic E-state index is 0.0421. The fourth-order valence-corrected chi connectivity index (χ4v) is 3.07. The molecule has 0 bridgehead atoms. The Kier molecular flexibility index (Phi) is 4.87. The normalized spacial score (nSPS) is 22.7. The van der Waals surface area contributed by atoms with E-state index in [9.17, 15) is 24.6 Å². The van der Waals surface area contributed by atoms with Crippen LogP contribution < -0.4 is 11.1 Å². The average molecular weight is 373 g/mol. The molecule has 0 aromatic heterocycles. The molecule has 3 atom stereocenters. The first-order valence-corrected chi connectivity index (χ1v) is 8.26. The second kappa shape index (κ2) is 7.12. The molecule has 2 amide bonds. The summed E-state index contributed by atoms with van der Waals surface area (Å²) in [7, 11) is 0. The highest BCUT2D eigenvalue weighted by molar-refractivity contribution is 6.02. The second-order valence-corrected chi connectivity index (χ2v) is 6.16. The summed E-state index contributed by atoms with van der Waals surface area (Å²) in [6, 6.07) is 3.25. The van der Waals surface area contributed by atoms with Crippen LogP contribution in [0.15, 0.2) is 47.9 Å². The van der Waals surface area contributed by atoms with Crippen LogP contribution in [0, 0.1) is 0 Å². The van der Waals surface area contributed by atoms with Gasteiger partial charge in [0.2, 0.25) is 5.91 Å². The number of allylic oxidation sites excluding steroid dienone is 2. The second-order valence-electron chi connectivity index (χ2n) is 6.16. The number of β-lactam (4-membered cyclic amide) rings is 1. The quantitative estimate of drug-likeness (QED) is 0.532. The molecule has 0 saturated carbocycles. The summed E-state index contributed by atoms with van der Waals surface area (Å²) in [5, 5.41) is 21.3. The number of fused-ring (bicyclic) bond motifs is 1. The number of nitrogens with zero attached hydrogens (tertiary/aromatic N) is 1. The third kappa shape index (κ3) is 3.24. The number of carboxylic acids is 1. The lowest BCUT2D eigenvalue weighted by Crippen LogP contribution is -2.73. The first kappa shape index (κ1) is 18.5. The number of phenols is 1. The minimum atomic E-state index is -1.29. The Balaban J connectivity index is 1.74. The van der Waals surface area contributed by atoms with E-state index in [-0.39, 0.29) is 23.8 Å². The van der Waals surface area contributed by atoms with Crippen LogP contribution in [0.3, 0.4) is 0 Å². The SMILES string of the molecule is C/C=C\C1=C(C(=O)O)N2C(=O)[C@@H](NC(=O)[C@H](N)c3ccc(O)cc3)[C@H]2CO1. The van der Waals surface area contributed by atoms with Gasteiger partial charge in [0.25, 0.3) is 5.91 Å². The van der Waals surface area contributed by atoms with Gasteiger partial charge in [-0.25, -0.2) is 4.79 Å². The summed E-state index contributed by atoms with van der Waals surface area (Å²) in [6.07, 6.45) is 3.08. The van der Waals surface area contributed by atoms with Crippen LogP contribution >= 0.6 is 0 Å². The predicted molar refractivity (Wildman–Crippen MR) is 93.0 cm³/mol. The van der Waals surface area contributed by atoms with E-state index in [1.165, 1.54) is 30.3 Å². The first-order valence-electron chi connectivity index (χ1n) is 8.26. The van der Waals surface area contributed by atoms with Crippen molar-refractivity contribution in [3.8, 4) is 5.75 Å². The molecule has 2 aliphatic heterocycles. The molecule has 1 saturated heterocycles. The van der Waals surface area contributed by atoms with Crippen molar-refractivity contribution < 1.29 is 29.3 Å². The molecular weight excluding hydrogens is 354 g/mol. The van der Waals surface area contributed by atoms with Crippen LogP contribution in [0.1, 0.15) is 18.5 Å². The molecule has 0 spiro atoms. The molecule has 1 aromatic carbocycles. The number of carbonyl (C=O) groups excluding carboxylic acids is 2. The number of aliphatic carboxylic acids is 1. The maximum absolute atomic E-state index is 12.5. The van der Waals surface area contributed by atoms with E-state index >= 15 is 0 Å². The van der Waals surface area contributed by atoms with Gasteiger partial charge in [0.05, 0.1) is 0 Å². The Morgan fingerprint density at radius 2 is 2.04 bits per heavy atom. The fraction of sp³-hybridized carbons (Fsp3) is 0.278. The Labute approximate surface area is 154 Å². The third-order valence-corrected chi connectivity index (χ3v) is 4.46. The smallest absolute Gasteiger partial charge is 0.356 e. The van der Waals surface area contributed by atoms with Crippen molar-refractivity contribution in [1.29, 1.82) is 0 Å². The van der Waals surface area contributed by atoms with E-state index in [1.54, 1.807) is 13.0 Å². The molecule has 1 fully saturated rings. The highest BCUT2D eigenvalue weighted by atomic mass is 16.5. The number of benzene rings is 1. The van der Waals surface area contributed by atoms with Gasteiger partial charge in [0.15, 0.2) is 5.70 Å². The Morgan fingerprint density at radius 1 is 1.37 bits per heavy atom.